The summed E-state index contributed by atoms with van der Waals surface area (Å²) in [6.07, 6.45) is 3.34. The maximum absolute atomic E-state index is 13.0. The number of nitrogens with zero attached hydrogens (tertiary/aromatic N) is 6. The SMILES string of the molecule is Cc1nc2ncnn2c(N2CCN(C(=O)N[C@H]3C[C@H]3c3ccccc3)CC2)c1Cc1ccccc1. The van der Waals surface area contributed by atoms with Crippen molar-refractivity contribution in [2.24, 2.45) is 0 Å². The average molecular weight is 468 g/mol. The van der Waals surface area contributed by atoms with E-state index in [9.17, 15) is 4.79 Å². The van der Waals surface area contributed by atoms with Crippen molar-refractivity contribution in [3.63, 3.8) is 0 Å². The number of hydrogen-bond acceptors (Lipinski definition) is 5. The van der Waals surface area contributed by atoms with Gasteiger partial charge in [0.05, 0.1) is 0 Å². The van der Waals surface area contributed by atoms with Gasteiger partial charge in [-0.25, -0.2) is 9.78 Å². The highest BCUT2D eigenvalue weighted by molar-refractivity contribution is 5.75. The summed E-state index contributed by atoms with van der Waals surface area (Å²) in [5.74, 6) is 2.07. The molecule has 4 aromatic rings. The van der Waals surface area contributed by atoms with Gasteiger partial charge in [0.1, 0.15) is 12.1 Å². The molecule has 178 valence electrons. The molecule has 1 saturated carbocycles. The Balaban J connectivity index is 1.16. The van der Waals surface area contributed by atoms with Crippen molar-refractivity contribution in [1.29, 1.82) is 0 Å². The summed E-state index contributed by atoms with van der Waals surface area (Å²) in [4.78, 5) is 26.2. The minimum Gasteiger partial charge on any atom is -0.353 e. The lowest BCUT2D eigenvalue weighted by Gasteiger charge is -2.37. The van der Waals surface area contributed by atoms with E-state index in [2.05, 4.69) is 68.8 Å². The first-order valence-corrected chi connectivity index (χ1v) is 12.3. The van der Waals surface area contributed by atoms with Gasteiger partial charge in [-0.15, -0.1) is 0 Å². The first-order chi connectivity index (χ1) is 17.2. The minimum absolute atomic E-state index is 0.0365. The van der Waals surface area contributed by atoms with Crippen LogP contribution in [0.4, 0.5) is 10.6 Å². The highest BCUT2D eigenvalue weighted by Gasteiger charge is 2.40. The van der Waals surface area contributed by atoms with Crippen LogP contribution in [0.5, 0.6) is 0 Å². The summed E-state index contributed by atoms with van der Waals surface area (Å²) in [5.41, 5.74) is 4.65. The molecule has 8 heteroatoms. The molecule has 2 aromatic heterocycles. The quantitative estimate of drug-likeness (QED) is 0.487. The molecule has 2 fully saturated rings. The third kappa shape index (κ3) is 4.32. The van der Waals surface area contributed by atoms with Crippen LogP contribution in [0, 0.1) is 6.92 Å². The van der Waals surface area contributed by atoms with Crippen molar-refractivity contribution in [2.75, 3.05) is 31.1 Å². The van der Waals surface area contributed by atoms with Gasteiger partial charge in [0.2, 0.25) is 0 Å². The van der Waals surface area contributed by atoms with E-state index >= 15 is 0 Å². The molecule has 0 radical (unpaired) electrons. The van der Waals surface area contributed by atoms with Crippen LogP contribution in [0.2, 0.25) is 0 Å². The molecule has 1 aliphatic heterocycles. The molecule has 35 heavy (non-hydrogen) atoms. The summed E-state index contributed by atoms with van der Waals surface area (Å²) in [6, 6.07) is 21.1. The van der Waals surface area contributed by atoms with Crippen molar-refractivity contribution < 1.29 is 4.79 Å². The summed E-state index contributed by atoms with van der Waals surface area (Å²) in [6.45, 7) is 4.84. The number of nitrogens with one attached hydrogen (secondary N) is 1. The van der Waals surface area contributed by atoms with Crippen LogP contribution in [0.3, 0.4) is 0 Å². The molecule has 8 nitrogen and oxygen atoms in total. The van der Waals surface area contributed by atoms with Crippen LogP contribution in [-0.4, -0.2) is 62.7 Å². The maximum Gasteiger partial charge on any atom is 0.317 e. The number of fused-ring (bicyclic) bond motifs is 1. The third-order valence-electron chi connectivity index (χ3n) is 7.12. The highest BCUT2D eigenvalue weighted by atomic mass is 16.2. The number of benzene rings is 2. The lowest BCUT2D eigenvalue weighted by atomic mass is 10.0. The molecule has 2 atom stereocenters. The molecule has 0 unspecified atom stereocenters. The van der Waals surface area contributed by atoms with Gasteiger partial charge in [0, 0.05) is 55.8 Å². The predicted octanol–water partition coefficient (Wildman–Crippen LogP) is 3.41. The van der Waals surface area contributed by atoms with Gasteiger partial charge < -0.3 is 15.1 Å². The van der Waals surface area contributed by atoms with Gasteiger partial charge in [-0.2, -0.15) is 14.6 Å². The Hall–Kier alpha value is -3.94. The first kappa shape index (κ1) is 21.6. The van der Waals surface area contributed by atoms with E-state index in [0.717, 1.165) is 43.0 Å². The number of aryl methyl sites for hydroxylation is 1. The second kappa shape index (κ2) is 9.02. The molecule has 6 rings (SSSR count). The normalized spacial score (nSPS) is 19.7. The monoisotopic (exact) mass is 467 g/mol. The number of piperazine rings is 1. The van der Waals surface area contributed by atoms with Crippen LogP contribution >= 0.6 is 0 Å². The smallest absolute Gasteiger partial charge is 0.317 e. The number of urea groups is 1. The molecule has 0 bridgehead atoms. The summed E-state index contributed by atoms with van der Waals surface area (Å²) < 4.78 is 1.84. The number of carbonyl (C=O) groups is 1. The van der Waals surface area contributed by atoms with Crippen LogP contribution in [-0.2, 0) is 6.42 Å². The Morgan fingerprint density at radius 3 is 2.46 bits per heavy atom. The zero-order valence-corrected chi connectivity index (χ0v) is 19.8. The van der Waals surface area contributed by atoms with Gasteiger partial charge in [-0.3, -0.25) is 0 Å². The predicted molar refractivity (Wildman–Crippen MR) is 135 cm³/mol. The average Bonchev–Trinajstić information content (AvgIpc) is 3.51. The van der Waals surface area contributed by atoms with Gasteiger partial charge >= 0.3 is 6.03 Å². The first-order valence-electron chi connectivity index (χ1n) is 12.3. The zero-order valence-electron chi connectivity index (χ0n) is 19.8. The Morgan fingerprint density at radius 2 is 1.71 bits per heavy atom. The summed E-state index contributed by atoms with van der Waals surface area (Å²) in [5, 5.41) is 7.72. The van der Waals surface area contributed by atoms with Gasteiger partial charge in [0.25, 0.3) is 5.78 Å². The van der Waals surface area contributed by atoms with E-state index in [1.807, 2.05) is 28.5 Å². The topological polar surface area (TPSA) is 78.7 Å². The van der Waals surface area contributed by atoms with Crippen molar-refractivity contribution in [1.82, 2.24) is 29.8 Å². The van der Waals surface area contributed by atoms with Crippen molar-refractivity contribution in [3.05, 3.63) is 89.4 Å². The van der Waals surface area contributed by atoms with Crippen LogP contribution in [0.25, 0.3) is 5.78 Å². The maximum atomic E-state index is 13.0. The molecule has 3 heterocycles. The molecule has 1 saturated heterocycles. The minimum atomic E-state index is 0.0365. The largest absolute Gasteiger partial charge is 0.353 e. The number of amides is 2. The molecule has 2 aromatic carbocycles. The lowest BCUT2D eigenvalue weighted by Crippen LogP contribution is -2.53. The second-order valence-corrected chi connectivity index (χ2v) is 9.42. The van der Waals surface area contributed by atoms with Crippen LogP contribution in [0.15, 0.2) is 67.0 Å². The molecule has 1 aliphatic carbocycles. The third-order valence-corrected chi connectivity index (χ3v) is 7.12. The fourth-order valence-electron chi connectivity index (χ4n) is 5.09. The fourth-order valence-corrected chi connectivity index (χ4v) is 5.09. The Kier molecular flexibility index (Phi) is 5.56. The summed E-state index contributed by atoms with van der Waals surface area (Å²) in [7, 11) is 0. The molecule has 2 amide bonds. The van der Waals surface area contributed by atoms with Crippen molar-refractivity contribution in [3.8, 4) is 0 Å². The highest BCUT2D eigenvalue weighted by Crippen LogP contribution is 2.40. The molecule has 1 N–H and O–H groups in total. The van der Waals surface area contributed by atoms with Crippen LogP contribution < -0.4 is 10.2 Å². The Morgan fingerprint density at radius 1 is 1.00 bits per heavy atom. The molecule has 0 spiro atoms. The lowest BCUT2D eigenvalue weighted by molar-refractivity contribution is 0.193. The van der Waals surface area contributed by atoms with E-state index < -0.39 is 0 Å². The van der Waals surface area contributed by atoms with Gasteiger partial charge in [0.15, 0.2) is 0 Å². The van der Waals surface area contributed by atoms with E-state index in [4.69, 9.17) is 4.98 Å². The van der Waals surface area contributed by atoms with Crippen molar-refractivity contribution in [2.45, 2.75) is 31.7 Å². The number of aromatic nitrogens is 4. The molecule has 2 aliphatic rings. The number of hydrogen-bond donors (Lipinski definition) is 1. The standard InChI is InChI=1S/C27H29N7O/c1-19-22(16-20-8-4-2-5-9-20)25(34-26(30-19)28-18-29-34)32-12-14-33(15-13-32)27(35)31-24-17-23(24)21-10-6-3-7-11-21/h2-11,18,23-24H,12-17H2,1H3,(H,31,35)/t23-,24-/m0/s1. The Labute approximate surface area is 204 Å². The van der Waals surface area contributed by atoms with E-state index in [0.29, 0.717) is 24.8 Å². The van der Waals surface area contributed by atoms with E-state index in [-0.39, 0.29) is 12.1 Å². The molecular formula is C27H29N7O. The fraction of sp³-hybridized carbons (Fsp3) is 0.333. The summed E-state index contributed by atoms with van der Waals surface area (Å²) >= 11 is 0. The molecular weight excluding hydrogens is 438 g/mol. The Bertz CT molecular complexity index is 1330. The van der Waals surface area contributed by atoms with E-state index in [1.54, 1.807) is 6.33 Å². The number of carbonyl (C=O) groups excluding carboxylic acids is 1. The van der Waals surface area contributed by atoms with Gasteiger partial charge in [-0.05, 0) is 24.5 Å². The van der Waals surface area contributed by atoms with Crippen molar-refractivity contribution >= 4 is 17.6 Å². The van der Waals surface area contributed by atoms with Gasteiger partial charge in [-0.1, -0.05) is 60.7 Å². The number of anilines is 1. The van der Waals surface area contributed by atoms with E-state index in [1.165, 1.54) is 11.1 Å². The zero-order chi connectivity index (χ0) is 23.8. The second-order valence-electron chi connectivity index (χ2n) is 9.42. The number of rotatable bonds is 5. The van der Waals surface area contributed by atoms with Crippen LogP contribution in [0.1, 0.15) is 34.7 Å².